The number of hydrogen-bond acceptors (Lipinski definition) is 3. The number of para-hydroxylation sites is 1. The van der Waals surface area contributed by atoms with Gasteiger partial charge < -0.3 is 5.32 Å². The number of rotatable bonds is 7. The molecule has 1 atom stereocenters. The molecule has 0 aliphatic heterocycles. The lowest BCUT2D eigenvalue weighted by Crippen LogP contribution is -2.47. The van der Waals surface area contributed by atoms with E-state index >= 15 is 0 Å². The smallest absolute Gasteiger partial charge is 0.248 e. The van der Waals surface area contributed by atoms with Crippen LogP contribution in [0.4, 0.5) is 11.4 Å². The molecule has 0 saturated heterocycles. The highest BCUT2D eigenvalue weighted by Crippen LogP contribution is 2.27. The number of nitrogens with zero attached hydrogens (tertiary/aromatic N) is 1. The molecular formula is C20H25ClN2O3S. The summed E-state index contributed by atoms with van der Waals surface area (Å²) in [5.74, 6) is -0.144. The Morgan fingerprint density at radius 1 is 1.11 bits per heavy atom. The van der Waals surface area contributed by atoms with Crippen molar-refractivity contribution < 1.29 is 13.2 Å². The van der Waals surface area contributed by atoms with E-state index in [4.69, 9.17) is 11.6 Å². The van der Waals surface area contributed by atoms with Crippen molar-refractivity contribution in [2.24, 2.45) is 0 Å². The third kappa shape index (κ3) is 5.23. The Bertz CT molecular complexity index is 896. The molecule has 1 amide bonds. The van der Waals surface area contributed by atoms with Gasteiger partial charge in [0.15, 0.2) is 0 Å². The highest BCUT2D eigenvalue weighted by Gasteiger charge is 2.31. The lowest BCUT2D eigenvalue weighted by atomic mass is 10.0. The van der Waals surface area contributed by atoms with Crippen molar-refractivity contribution in [2.45, 2.75) is 39.2 Å². The van der Waals surface area contributed by atoms with Gasteiger partial charge in [0.1, 0.15) is 6.04 Å². The minimum Gasteiger partial charge on any atom is -0.324 e. The lowest BCUT2D eigenvalue weighted by molar-refractivity contribution is -0.117. The molecule has 0 radical (unpaired) electrons. The zero-order valence-electron chi connectivity index (χ0n) is 15.9. The van der Waals surface area contributed by atoms with Crippen LogP contribution in [0.25, 0.3) is 0 Å². The fourth-order valence-electron chi connectivity index (χ4n) is 2.98. The van der Waals surface area contributed by atoms with E-state index in [0.29, 0.717) is 22.8 Å². The molecule has 0 heterocycles. The first-order valence-corrected chi connectivity index (χ1v) is 11.0. The van der Waals surface area contributed by atoms with Crippen LogP contribution in [0.15, 0.2) is 48.5 Å². The van der Waals surface area contributed by atoms with Crippen LogP contribution in [0, 0.1) is 0 Å². The summed E-state index contributed by atoms with van der Waals surface area (Å²) in [5, 5.41) is 3.40. The van der Waals surface area contributed by atoms with E-state index in [2.05, 4.69) is 5.32 Å². The summed E-state index contributed by atoms with van der Waals surface area (Å²) in [5.41, 5.74) is 2.10. The number of hydrogen-bond donors (Lipinski definition) is 1. The molecule has 0 spiro atoms. The number of amides is 1. The molecule has 146 valence electrons. The molecule has 0 saturated carbocycles. The SMILES string of the molecule is CC[C@H](C(=O)Nc1ccccc1C(C)C)N(c1ccc(Cl)cc1)S(C)(=O)=O. The fourth-order valence-corrected chi connectivity index (χ4v) is 4.32. The normalized spacial score (nSPS) is 12.7. The van der Waals surface area contributed by atoms with Crippen LogP contribution < -0.4 is 9.62 Å². The first kappa shape index (κ1) is 21.3. The van der Waals surface area contributed by atoms with E-state index in [1.54, 1.807) is 31.2 Å². The molecule has 1 N–H and O–H groups in total. The minimum absolute atomic E-state index is 0.226. The van der Waals surface area contributed by atoms with Gasteiger partial charge in [0, 0.05) is 10.7 Å². The first-order valence-electron chi connectivity index (χ1n) is 8.80. The van der Waals surface area contributed by atoms with Gasteiger partial charge in [-0.15, -0.1) is 0 Å². The molecule has 7 heteroatoms. The van der Waals surface area contributed by atoms with Gasteiger partial charge in [0.2, 0.25) is 15.9 Å². The minimum atomic E-state index is -3.68. The fraction of sp³-hybridized carbons (Fsp3) is 0.350. The topological polar surface area (TPSA) is 66.5 Å². The molecule has 0 aliphatic rings. The maximum Gasteiger partial charge on any atom is 0.248 e. The van der Waals surface area contributed by atoms with Crippen LogP contribution >= 0.6 is 11.6 Å². The van der Waals surface area contributed by atoms with Gasteiger partial charge in [-0.2, -0.15) is 0 Å². The molecule has 0 fully saturated rings. The van der Waals surface area contributed by atoms with Crippen molar-refractivity contribution in [3.8, 4) is 0 Å². The molecule has 0 bridgehead atoms. The highest BCUT2D eigenvalue weighted by molar-refractivity contribution is 7.92. The van der Waals surface area contributed by atoms with Crippen LogP contribution in [-0.2, 0) is 14.8 Å². The van der Waals surface area contributed by atoms with Crippen molar-refractivity contribution in [2.75, 3.05) is 15.9 Å². The molecule has 0 aromatic heterocycles. The van der Waals surface area contributed by atoms with Gasteiger partial charge in [0.05, 0.1) is 11.9 Å². The number of nitrogens with one attached hydrogen (secondary N) is 1. The number of carbonyl (C=O) groups excluding carboxylic acids is 1. The number of carbonyl (C=O) groups is 1. The van der Waals surface area contributed by atoms with Crippen molar-refractivity contribution in [3.63, 3.8) is 0 Å². The second kappa shape index (κ2) is 8.76. The molecule has 0 unspecified atom stereocenters. The quantitative estimate of drug-likeness (QED) is 0.725. The largest absolute Gasteiger partial charge is 0.324 e. The summed E-state index contributed by atoms with van der Waals surface area (Å²) in [6, 6.07) is 13.1. The maximum atomic E-state index is 13.0. The molecular weight excluding hydrogens is 384 g/mol. The van der Waals surface area contributed by atoms with Crippen LogP contribution in [0.5, 0.6) is 0 Å². The van der Waals surface area contributed by atoms with Crippen LogP contribution in [0.2, 0.25) is 5.02 Å². The van der Waals surface area contributed by atoms with Crippen LogP contribution in [0.1, 0.15) is 38.7 Å². The number of halogens is 1. The molecule has 5 nitrogen and oxygen atoms in total. The summed E-state index contributed by atoms with van der Waals surface area (Å²) < 4.78 is 26.1. The van der Waals surface area contributed by atoms with Gasteiger partial charge in [-0.25, -0.2) is 8.42 Å². The van der Waals surface area contributed by atoms with Gasteiger partial charge in [-0.1, -0.05) is 50.6 Å². The third-order valence-corrected chi connectivity index (χ3v) is 5.68. The van der Waals surface area contributed by atoms with E-state index in [-0.39, 0.29) is 11.8 Å². The van der Waals surface area contributed by atoms with Gasteiger partial charge in [-0.05, 0) is 48.2 Å². The zero-order valence-corrected chi connectivity index (χ0v) is 17.5. The Morgan fingerprint density at radius 2 is 1.70 bits per heavy atom. The predicted octanol–water partition coefficient (Wildman–Crippen LogP) is 4.65. The molecule has 2 aromatic rings. The average Bonchev–Trinajstić information content (AvgIpc) is 2.59. The number of benzene rings is 2. The molecule has 2 rings (SSSR count). The third-order valence-electron chi connectivity index (χ3n) is 4.25. The summed E-state index contributed by atoms with van der Waals surface area (Å²) in [6.07, 6.45) is 1.42. The monoisotopic (exact) mass is 408 g/mol. The summed E-state index contributed by atoms with van der Waals surface area (Å²) in [7, 11) is -3.68. The Hall–Kier alpha value is -2.05. The molecule has 27 heavy (non-hydrogen) atoms. The second-order valence-electron chi connectivity index (χ2n) is 6.69. The molecule has 0 aliphatic carbocycles. The van der Waals surface area contributed by atoms with E-state index < -0.39 is 16.1 Å². The van der Waals surface area contributed by atoms with Crippen molar-refractivity contribution in [1.29, 1.82) is 0 Å². The first-order chi connectivity index (χ1) is 12.6. The average molecular weight is 409 g/mol. The zero-order chi connectivity index (χ0) is 20.2. The standard InChI is InChI=1S/C20H25ClN2O3S/c1-5-19(20(24)22-18-9-7-6-8-17(18)14(2)3)23(27(4,25)26)16-12-10-15(21)11-13-16/h6-14,19H,5H2,1-4H3,(H,22,24)/t19-/m1/s1. The Labute approximate surface area is 166 Å². The van der Waals surface area contributed by atoms with Crippen molar-refractivity contribution >= 4 is 38.9 Å². The summed E-state index contributed by atoms with van der Waals surface area (Å²) in [6.45, 7) is 5.87. The summed E-state index contributed by atoms with van der Waals surface area (Å²) in [4.78, 5) is 13.0. The van der Waals surface area contributed by atoms with Crippen LogP contribution in [-0.4, -0.2) is 26.6 Å². The van der Waals surface area contributed by atoms with Crippen molar-refractivity contribution in [3.05, 3.63) is 59.1 Å². The van der Waals surface area contributed by atoms with Gasteiger partial charge in [-0.3, -0.25) is 9.10 Å². The maximum absolute atomic E-state index is 13.0. The Balaban J connectivity index is 2.40. The van der Waals surface area contributed by atoms with E-state index in [9.17, 15) is 13.2 Å². The number of anilines is 2. The van der Waals surface area contributed by atoms with E-state index in [1.807, 2.05) is 38.1 Å². The second-order valence-corrected chi connectivity index (χ2v) is 8.99. The molecule has 2 aromatic carbocycles. The Kier molecular flexibility index (Phi) is 6.89. The number of sulfonamides is 1. The van der Waals surface area contributed by atoms with Gasteiger partial charge in [0.25, 0.3) is 0 Å². The lowest BCUT2D eigenvalue weighted by Gasteiger charge is -2.30. The van der Waals surface area contributed by atoms with Gasteiger partial charge >= 0.3 is 0 Å². The van der Waals surface area contributed by atoms with E-state index in [1.165, 1.54) is 0 Å². The van der Waals surface area contributed by atoms with Crippen LogP contribution in [0.3, 0.4) is 0 Å². The Morgan fingerprint density at radius 3 is 2.22 bits per heavy atom. The highest BCUT2D eigenvalue weighted by atomic mass is 35.5. The summed E-state index contributed by atoms with van der Waals surface area (Å²) >= 11 is 5.91. The van der Waals surface area contributed by atoms with E-state index in [0.717, 1.165) is 16.1 Å². The predicted molar refractivity (Wildman–Crippen MR) is 112 cm³/mol. The van der Waals surface area contributed by atoms with Crippen molar-refractivity contribution in [1.82, 2.24) is 0 Å².